The zero-order valence-electron chi connectivity index (χ0n) is 15.8. The van der Waals surface area contributed by atoms with Crippen molar-refractivity contribution in [3.8, 4) is 12.1 Å². The number of nitriles is 2. The monoisotopic (exact) mass is 413 g/mol. The molecular formula is C22H15N5O2S. The Morgan fingerprint density at radius 2 is 1.83 bits per heavy atom. The van der Waals surface area contributed by atoms with Gasteiger partial charge in [0.05, 0.1) is 30.5 Å². The molecule has 2 N–H and O–H groups in total. The minimum Gasteiger partial charge on any atom is -0.361 e. The fourth-order valence-electron chi connectivity index (χ4n) is 3.00. The number of rotatable bonds is 5. The molecule has 1 heterocycles. The van der Waals surface area contributed by atoms with Gasteiger partial charge in [0.1, 0.15) is 0 Å². The Bertz CT molecular complexity index is 1390. The van der Waals surface area contributed by atoms with Gasteiger partial charge in [-0.3, -0.25) is 4.72 Å². The SMILES string of the molecule is [C-]#[N+]C(C#N)=C(C(C#N)=Cc1c[nH]c2ccccc12)c1ccc(NS(C)(=O)=O)cc1. The summed E-state index contributed by atoms with van der Waals surface area (Å²) in [5, 5.41) is 20.2. The largest absolute Gasteiger partial charge is 0.361 e. The lowest BCUT2D eigenvalue weighted by Gasteiger charge is -2.10. The van der Waals surface area contributed by atoms with E-state index in [9.17, 15) is 18.9 Å². The number of allylic oxidation sites excluding steroid dienone is 3. The Hall–Kier alpha value is -4.32. The molecule has 0 unspecified atom stereocenters. The van der Waals surface area contributed by atoms with E-state index < -0.39 is 10.0 Å². The van der Waals surface area contributed by atoms with Gasteiger partial charge in [-0.15, -0.1) is 0 Å². The zero-order valence-corrected chi connectivity index (χ0v) is 16.7. The summed E-state index contributed by atoms with van der Waals surface area (Å²) in [7, 11) is -3.44. The number of nitrogens with one attached hydrogen (secondary N) is 2. The van der Waals surface area contributed by atoms with Gasteiger partial charge in [0.25, 0.3) is 5.70 Å². The number of nitrogens with zero attached hydrogens (tertiary/aromatic N) is 3. The number of para-hydroxylation sites is 1. The van der Waals surface area contributed by atoms with Crippen LogP contribution in [-0.4, -0.2) is 19.7 Å². The van der Waals surface area contributed by atoms with Crippen molar-refractivity contribution in [1.29, 1.82) is 10.5 Å². The van der Waals surface area contributed by atoms with E-state index in [2.05, 4.69) is 20.6 Å². The van der Waals surface area contributed by atoms with Crippen LogP contribution in [0.5, 0.6) is 0 Å². The summed E-state index contributed by atoms with van der Waals surface area (Å²) in [6.07, 6.45) is 4.42. The molecule has 0 bridgehead atoms. The van der Waals surface area contributed by atoms with Crippen LogP contribution in [0.4, 0.5) is 5.69 Å². The molecule has 3 aromatic rings. The van der Waals surface area contributed by atoms with Crippen molar-refractivity contribution in [2.75, 3.05) is 11.0 Å². The predicted molar refractivity (Wildman–Crippen MR) is 116 cm³/mol. The molecular weight excluding hydrogens is 398 g/mol. The first-order valence-corrected chi connectivity index (χ1v) is 10.5. The molecule has 146 valence electrons. The number of aromatic nitrogens is 1. The number of fused-ring (bicyclic) bond motifs is 1. The molecule has 2 aromatic carbocycles. The molecule has 0 aliphatic heterocycles. The van der Waals surface area contributed by atoms with Gasteiger partial charge in [0.15, 0.2) is 0 Å². The number of hydrogen-bond donors (Lipinski definition) is 2. The maximum atomic E-state index is 11.4. The van der Waals surface area contributed by atoms with Crippen molar-refractivity contribution < 1.29 is 8.42 Å². The Morgan fingerprint density at radius 1 is 1.13 bits per heavy atom. The second-order valence-electron chi connectivity index (χ2n) is 6.36. The molecule has 0 aliphatic carbocycles. The van der Waals surface area contributed by atoms with Crippen molar-refractivity contribution >= 4 is 38.3 Å². The Kier molecular flexibility index (Phi) is 5.69. The third-order valence-electron chi connectivity index (χ3n) is 4.24. The van der Waals surface area contributed by atoms with Crippen LogP contribution in [0.25, 0.3) is 27.4 Å². The van der Waals surface area contributed by atoms with E-state index in [1.165, 1.54) is 12.1 Å². The van der Waals surface area contributed by atoms with Gasteiger partial charge in [0.2, 0.25) is 10.0 Å². The van der Waals surface area contributed by atoms with Gasteiger partial charge < -0.3 is 4.98 Å². The predicted octanol–water partition coefficient (Wildman–Crippen LogP) is 4.30. The molecule has 1 aromatic heterocycles. The fraction of sp³-hybridized carbons (Fsp3) is 0.0455. The summed E-state index contributed by atoms with van der Waals surface area (Å²) in [5.41, 5.74) is 2.54. The lowest BCUT2D eigenvalue weighted by atomic mass is 9.95. The molecule has 30 heavy (non-hydrogen) atoms. The smallest absolute Gasteiger partial charge is 0.270 e. The van der Waals surface area contributed by atoms with E-state index in [4.69, 9.17) is 6.57 Å². The number of benzene rings is 2. The standard InChI is InChI=1S/C22H15N5O2S/c1-25-21(13-24)22(15-7-9-18(10-8-15)27-30(2,28)29)16(12-23)11-17-14-26-20-6-4-3-5-19(17)20/h3-11,14,26-27H,2H3. The second-order valence-corrected chi connectivity index (χ2v) is 8.11. The van der Waals surface area contributed by atoms with Gasteiger partial charge in [-0.25, -0.2) is 18.5 Å². The van der Waals surface area contributed by atoms with Crippen LogP contribution in [0.2, 0.25) is 0 Å². The van der Waals surface area contributed by atoms with Crippen molar-refractivity contribution in [2.24, 2.45) is 0 Å². The van der Waals surface area contributed by atoms with Crippen LogP contribution in [-0.2, 0) is 10.0 Å². The Balaban J connectivity index is 2.15. The van der Waals surface area contributed by atoms with Gasteiger partial charge in [-0.1, -0.05) is 30.3 Å². The van der Waals surface area contributed by atoms with Gasteiger partial charge in [-0.05, 0) is 29.8 Å². The van der Waals surface area contributed by atoms with Crippen molar-refractivity contribution in [3.05, 3.63) is 88.5 Å². The summed E-state index contributed by atoms with van der Waals surface area (Å²) < 4.78 is 25.2. The third-order valence-corrected chi connectivity index (χ3v) is 4.85. The first kappa shape index (κ1) is 20.4. The highest BCUT2D eigenvalue weighted by Gasteiger charge is 2.16. The van der Waals surface area contributed by atoms with E-state index in [-0.39, 0.29) is 16.8 Å². The number of anilines is 1. The molecule has 0 saturated carbocycles. The molecule has 8 heteroatoms. The summed E-state index contributed by atoms with van der Waals surface area (Å²) >= 11 is 0. The van der Waals surface area contributed by atoms with Crippen LogP contribution in [0.1, 0.15) is 11.1 Å². The van der Waals surface area contributed by atoms with Crippen LogP contribution < -0.4 is 4.72 Å². The van der Waals surface area contributed by atoms with Crippen LogP contribution in [0.15, 0.2) is 66.0 Å². The average molecular weight is 413 g/mol. The maximum absolute atomic E-state index is 11.4. The van der Waals surface area contributed by atoms with Crippen LogP contribution in [0.3, 0.4) is 0 Å². The highest BCUT2D eigenvalue weighted by Crippen LogP contribution is 2.31. The lowest BCUT2D eigenvalue weighted by molar-refractivity contribution is 0.607. The molecule has 0 amide bonds. The minimum absolute atomic E-state index is 0.149. The molecule has 0 atom stereocenters. The van der Waals surface area contributed by atoms with Crippen molar-refractivity contribution in [1.82, 2.24) is 4.98 Å². The summed E-state index contributed by atoms with van der Waals surface area (Å²) in [5.74, 6) is 0. The molecule has 0 fully saturated rings. The Morgan fingerprint density at radius 3 is 2.43 bits per heavy atom. The average Bonchev–Trinajstić information content (AvgIpc) is 3.13. The van der Waals surface area contributed by atoms with Crippen LogP contribution in [0, 0.1) is 29.2 Å². The fourth-order valence-corrected chi connectivity index (χ4v) is 3.57. The van der Waals surface area contributed by atoms with Gasteiger partial charge in [-0.2, -0.15) is 5.26 Å². The molecule has 0 spiro atoms. The summed E-state index contributed by atoms with van der Waals surface area (Å²) in [4.78, 5) is 6.40. The lowest BCUT2D eigenvalue weighted by Crippen LogP contribution is -2.09. The molecule has 7 nitrogen and oxygen atoms in total. The molecule has 0 radical (unpaired) electrons. The number of aromatic amines is 1. The van der Waals surface area contributed by atoms with E-state index in [1.54, 1.807) is 24.4 Å². The molecule has 0 saturated heterocycles. The zero-order chi connectivity index (χ0) is 21.7. The van der Waals surface area contributed by atoms with Crippen molar-refractivity contribution in [2.45, 2.75) is 0 Å². The summed E-state index contributed by atoms with van der Waals surface area (Å²) in [6.45, 7) is 7.36. The van der Waals surface area contributed by atoms with E-state index in [1.807, 2.05) is 30.3 Å². The summed E-state index contributed by atoms with van der Waals surface area (Å²) in [6, 6.07) is 17.7. The quantitative estimate of drug-likeness (QED) is 0.369. The van der Waals surface area contributed by atoms with E-state index >= 15 is 0 Å². The molecule has 0 aliphatic rings. The second kappa shape index (κ2) is 8.36. The maximum Gasteiger partial charge on any atom is 0.270 e. The van der Waals surface area contributed by atoms with Crippen LogP contribution >= 0.6 is 0 Å². The first-order valence-electron chi connectivity index (χ1n) is 8.64. The molecule has 3 rings (SSSR count). The van der Waals surface area contributed by atoms with Crippen molar-refractivity contribution in [3.63, 3.8) is 0 Å². The van der Waals surface area contributed by atoms with E-state index in [0.717, 1.165) is 22.7 Å². The number of hydrogen-bond acceptors (Lipinski definition) is 4. The number of sulfonamides is 1. The van der Waals surface area contributed by atoms with E-state index in [0.29, 0.717) is 11.3 Å². The highest BCUT2D eigenvalue weighted by molar-refractivity contribution is 7.92. The Labute approximate surface area is 174 Å². The highest BCUT2D eigenvalue weighted by atomic mass is 32.2. The third kappa shape index (κ3) is 4.39. The normalized spacial score (nSPS) is 12.4. The first-order chi connectivity index (χ1) is 14.4. The number of H-pyrrole nitrogens is 1. The van der Waals surface area contributed by atoms with Gasteiger partial charge in [0, 0.05) is 33.9 Å². The minimum atomic E-state index is -3.44. The van der Waals surface area contributed by atoms with Gasteiger partial charge >= 0.3 is 0 Å². The topological polar surface area (TPSA) is 114 Å².